The molecule has 42 heavy (non-hydrogen) atoms. The van der Waals surface area contributed by atoms with Crippen LogP contribution in [0.25, 0.3) is 0 Å². The molecular formula is C28H21Br2N3O8S. The normalized spacial score (nSPS) is 21.5. The predicted molar refractivity (Wildman–Crippen MR) is 158 cm³/mol. The Morgan fingerprint density at radius 1 is 0.929 bits per heavy atom. The SMILES string of the molecule is O=C(CN(C(=O)c1ccc([N+](=O)[O-])cc1)N1C(=O)[C@@H]2C[C@H](Br)[C@@H](Br)C[C@H]2C1=O)c1ccc(OC(=O)c2cccs2)cc1. The van der Waals surface area contributed by atoms with Gasteiger partial charge in [0.2, 0.25) is 0 Å². The number of ether oxygens (including phenoxy) is 1. The first-order chi connectivity index (χ1) is 20.0. The number of hydrogen-bond donors (Lipinski definition) is 0. The zero-order valence-corrected chi connectivity index (χ0v) is 25.5. The highest BCUT2D eigenvalue weighted by Crippen LogP contribution is 2.43. The lowest BCUT2D eigenvalue weighted by atomic mass is 9.81. The van der Waals surface area contributed by atoms with Gasteiger partial charge >= 0.3 is 5.97 Å². The molecule has 0 N–H and O–H groups in total. The molecule has 4 atom stereocenters. The Kier molecular flexibility index (Phi) is 8.66. The largest absolute Gasteiger partial charge is 0.422 e. The molecule has 2 fully saturated rings. The molecule has 3 amide bonds. The van der Waals surface area contributed by atoms with E-state index in [4.69, 9.17) is 4.74 Å². The monoisotopic (exact) mass is 717 g/mol. The number of thiophene rings is 1. The van der Waals surface area contributed by atoms with E-state index in [2.05, 4.69) is 31.9 Å². The van der Waals surface area contributed by atoms with Gasteiger partial charge in [0.1, 0.15) is 17.2 Å². The summed E-state index contributed by atoms with van der Waals surface area (Å²) in [7, 11) is 0. The molecule has 2 aliphatic rings. The number of alkyl halides is 2. The number of hydrazine groups is 1. The number of nitro groups is 1. The van der Waals surface area contributed by atoms with Gasteiger partial charge in [0.05, 0.1) is 16.8 Å². The molecule has 1 aliphatic carbocycles. The number of esters is 1. The van der Waals surface area contributed by atoms with Crippen LogP contribution < -0.4 is 4.74 Å². The van der Waals surface area contributed by atoms with Crippen LogP contribution in [0.5, 0.6) is 5.75 Å². The van der Waals surface area contributed by atoms with Crippen molar-refractivity contribution in [3.05, 3.63) is 92.2 Å². The maximum Gasteiger partial charge on any atom is 0.353 e. The standard InChI is InChI=1S/C28H21Br2N3O8S/c29-21-12-19-20(13-22(21)30)27(37)32(26(19)36)31(25(35)16-3-7-17(8-4-16)33(39)40)14-23(34)15-5-9-18(10-6-15)41-28(38)24-2-1-11-42-24/h1-11,19-22H,12-14H2/t19-,20-,21+,22+/m1/s1. The minimum absolute atomic E-state index is 0.0450. The molecule has 2 heterocycles. The first kappa shape index (κ1) is 29.7. The van der Waals surface area contributed by atoms with E-state index in [0.29, 0.717) is 17.7 Å². The molecule has 0 radical (unpaired) electrons. The smallest absolute Gasteiger partial charge is 0.353 e. The number of ketones is 1. The van der Waals surface area contributed by atoms with Gasteiger partial charge in [0.15, 0.2) is 5.78 Å². The summed E-state index contributed by atoms with van der Waals surface area (Å²) in [6.45, 7) is -0.656. The highest BCUT2D eigenvalue weighted by atomic mass is 79.9. The highest BCUT2D eigenvalue weighted by molar-refractivity contribution is 9.12. The van der Waals surface area contributed by atoms with Gasteiger partial charge in [-0.1, -0.05) is 37.9 Å². The number of benzene rings is 2. The van der Waals surface area contributed by atoms with Crippen LogP contribution in [0.3, 0.4) is 0 Å². The van der Waals surface area contributed by atoms with Crippen LogP contribution in [-0.4, -0.2) is 60.6 Å². The Bertz CT molecular complexity index is 1530. The molecule has 1 aromatic heterocycles. The Hall–Kier alpha value is -3.75. The number of carbonyl (C=O) groups excluding carboxylic acids is 5. The highest BCUT2D eigenvalue weighted by Gasteiger charge is 2.54. The van der Waals surface area contributed by atoms with Crippen LogP contribution in [0.1, 0.15) is 43.2 Å². The predicted octanol–water partition coefficient (Wildman–Crippen LogP) is 5.04. The van der Waals surface area contributed by atoms with Crippen molar-refractivity contribution < 1.29 is 33.6 Å². The van der Waals surface area contributed by atoms with Crippen LogP contribution in [0.4, 0.5) is 5.69 Å². The molecule has 3 aromatic rings. The third kappa shape index (κ3) is 5.92. The van der Waals surface area contributed by atoms with Gasteiger partial charge in [0.25, 0.3) is 23.4 Å². The zero-order valence-electron chi connectivity index (χ0n) is 21.6. The number of rotatable bonds is 8. The maximum absolute atomic E-state index is 13.7. The summed E-state index contributed by atoms with van der Waals surface area (Å²) in [6, 6.07) is 13.7. The van der Waals surface area contributed by atoms with E-state index in [0.717, 1.165) is 22.2 Å². The fourth-order valence-electron chi connectivity index (χ4n) is 4.91. The van der Waals surface area contributed by atoms with Crippen molar-refractivity contribution in [3.8, 4) is 5.75 Å². The van der Waals surface area contributed by atoms with Crippen molar-refractivity contribution >= 4 is 78.4 Å². The first-order valence-electron chi connectivity index (χ1n) is 12.7. The molecule has 0 bridgehead atoms. The van der Waals surface area contributed by atoms with E-state index in [1.807, 2.05) is 0 Å². The lowest BCUT2D eigenvalue weighted by Gasteiger charge is -2.30. The average Bonchev–Trinajstić information content (AvgIpc) is 3.60. The van der Waals surface area contributed by atoms with E-state index < -0.39 is 52.8 Å². The van der Waals surface area contributed by atoms with E-state index in [9.17, 15) is 34.1 Å². The molecule has 1 saturated heterocycles. The molecule has 0 spiro atoms. The van der Waals surface area contributed by atoms with Gasteiger partial charge in [0, 0.05) is 32.9 Å². The number of fused-ring (bicyclic) bond motifs is 1. The number of hydrogen-bond acceptors (Lipinski definition) is 9. The Labute approximate surface area is 259 Å². The summed E-state index contributed by atoms with van der Waals surface area (Å²) >= 11 is 8.29. The summed E-state index contributed by atoms with van der Waals surface area (Å²) in [4.78, 5) is 77.1. The van der Waals surface area contributed by atoms with E-state index in [-0.39, 0.29) is 32.2 Å². The number of nitrogens with zero attached hydrogens (tertiary/aromatic N) is 3. The maximum atomic E-state index is 13.7. The van der Waals surface area contributed by atoms with Crippen molar-refractivity contribution in [2.45, 2.75) is 22.5 Å². The zero-order chi connectivity index (χ0) is 30.1. The third-order valence-electron chi connectivity index (χ3n) is 7.09. The third-order valence-corrected chi connectivity index (χ3v) is 10.7. The Morgan fingerprint density at radius 3 is 2.02 bits per heavy atom. The summed E-state index contributed by atoms with van der Waals surface area (Å²) in [5, 5.41) is 14.4. The number of amides is 3. The second-order valence-corrected chi connectivity index (χ2v) is 13.0. The first-order valence-corrected chi connectivity index (χ1v) is 15.4. The number of imide groups is 1. The molecule has 5 rings (SSSR count). The van der Waals surface area contributed by atoms with Gasteiger partial charge in [-0.25, -0.2) is 9.80 Å². The summed E-state index contributed by atoms with van der Waals surface area (Å²) in [5.74, 6) is -4.30. The molecular weight excluding hydrogens is 698 g/mol. The van der Waals surface area contributed by atoms with Crippen molar-refractivity contribution in [2.75, 3.05) is 6.54 Å². The minimum Gasteiger partial charge on any atom is -0.422 e. The molecule has 216 valence electrons. The second kappa shape index (κ2) is 12.2. The van der Waals surface area contributed by atoms with E-state index in [1.165, 1.54) is 47.7 Å². The molecule has 11 nitrogen and oxygen atoms in total. The topological polar surface area (TPSA) is 144 Å². The molecule has 1 saturated carbocycles. The second-order valence-electron chi connectivity index (χ2n) is 9.69. The van der Waals surface area contributed by atoms with Crippen LogP contribution in [0, 0.1) is 22.0 Å². The van der Waals surface area contributed by atoms with Crippen molar-refractivity contribution in [1.82, 2.24) is 10.0 Å². The minimum atomic E-state index is -0.842. The summed E-state index contributed by atoms with van der Waals surface area (Å²) < 4.78 is 5.32. The lowest BCUT2D eigenvalue weighted by Crippen LogP contribution is -2.52. The Morgan fingerprint density at radius 2 is 1.50 bits per heavy atom. The van der Waals surface area contributed by atoms with Gasteiger partial charge in [-0.3, -0.25) is 29.3 Å². The number of non-ortho nitro benzene ring substituents is 1. The lowest BCUT2D eigenvalue weighted by molar-refractivity contribution is -0.384. The van der Waals surface area contributed by atoms with Crippen LogP contribution >= 0.6 is 43.2 Å². The average molecular weight is 719 g/mol. The quantitative estimate of drug-likeness (QED) is 0.0600. The Balaban J connectivity index is 1.41. The van der Waals surface area contributed by atoms with Gasteiger partial charge in [-0.2, -0.15) is 5.01 Å². The molecule has 2 aromatic carbocycles. The van der Waals surface area contributed by atoms with E-state index >= 15 is 0 Å². The van der Waals surface area contributed by atoms with E-state index in [1.54, 1.807) is 17.5 Å². The van der Waals surface area contributed by atoms with Gasteiger partial charge < -0.3 is 4.74 Å². The number of halogens is 2. The fourth-order valence-corrected chi connectivity index (χ4v) is 6.75. The van der Waals surface area contributed by atoms with Crippen molar-refractivity contribution in [2.24, 2.45) is 11.8 Å². The molecule has 1 aliphatic heterocycles. The van der Waals surface area contributed by atoms with Gasteiger partial charge in [-0.15, -0.1) is 11.3 Å². The fraction of sp³-hybridized carbons (Fsp3) is 0.250. The van der Waals surface area contributed by atoms with Crippen LogP contribution in [0.15, 0.2) is 66.0 Å². The van der Waals surface area contributed by atoms with Crippen molar-refractivity contribution in [1.29, 1.82) is 0 Å². The summed E-state index contributed by atoms with van der Waals surface area (Å²) in [5.41, 5.74) is -0.151. The molecule has 14 heteroatoms. The van der Waals surface area contributed by atoms with Gasteiger partial charge in [-0.05, 0) is 60.7 Å². The van der Waals surface area contributed by atoms with Crippen LogP contribution in [0.2, 0.25) is 0 Å². The number of Topliss-reactive ketones (excluding diaryl/α,β-unsaturated/α-hetero) is 1. The molecule has 0 unspecified atom stereocenters. The van der Waals surface area contributed by atoms with Crippen LogP contribution in [-0.2, 0) is 9.59 Å². The van der Waals surface area contributed by atoms with Crippen molar-refractivity contribution in [3.63, 3.8) is 0 Å². The number of nitro benzene ring substituents is 1. The summed E-state index contributed by atoms with van der Waals surface area (Å²) in [6.07, 6.45) is 0.724. The number of carbonyl (C=O) groups is 5.